The van der Waals surface area contributed by atoms with Crippen molar-refractivity contribution in [1.82, 2.24) is 9.55 Å². The van der Waals surface area contributed by atoms with Gasteiger partial charge in [-0.1, -0.05) is 84.7 Å². The van der Waals surface area contributed by atoms with Crippen molar-refractivity contribution in [1.29, 1.82) is 0 Å². The molecule has 10 atom stereocenters. The standard InChI is InChI=1S/C43H61F2N3O9S2/c1-25(7-14-32(49)27-8-9-27)30-12-13-31-26(6-5-18-42(30,31)4)10-11-28-22-29(23-34(50)41(28,2)3)56-37(52)17-21-59-58-20-16-36(51)55-24-33-38(53)43(44,45)39(57-33)48-19-15-35(46)47-40(48)54/h7,10-11,14-15,19,25,27,29-34,38-39,49-50,53H,5-6,8-9,12-13,16-18,20-24H2,1-4H3,(H2,46,47,54)/b14-7+,26-10+,28-11-/t25-,29+,30?,31?,32?,33?,34-,38?,39?,42+/m0/s1. The summed E-state index contributed by atoms with van der Waals surface area (Å²) in [5, 5.41) is 31.7. The normalized spacial score (nSPS) is 33.9. The molecule has 0 aromatic carbocycles. The number of allylic oxidation sites excluding steroid dienone is 4. The second-order valence-corrected chi connectivity index (χ2v) is 20.6. The smallest absolute Gasteiger partial charge is 0.351 e. The molecule has 1 aliphatic heterocycles. The fourth-order valence-electron chi connectivity index (χ4n) is 9.66. The Morgan fingerprint density at radius 3 is 2.49 bits per heavy atom. The van der Waals surface area contributed by atoms with Crippen molar-refractivity contribution < 1.29 is 47.9 Å². The van der Waals surface area contributed by atoms with E-state index in [1.807, 2.05) is 6.08 Å². The highest BCUT2D eigenvalue weighted by Crippen LogP contribution is 2.59. The molecule has 6 rings (SSSR count). The van der Waals surface area contributed by atoms with Crippen molar-refractivity contribution in [2.45, 2.75) is 141 Å². The predicted molar refractivity (Wildman–Crippen MR) is 223 cm³/mol. The Labute approximate surface area is 353 Å². The number of aromatic nitrogens is 2. The summed E-state index contributed by atoms with van der Waals surface area (Å²) in [6, 6.07) is 1.15. The lowest BCUT2D eigenvalue weighted by atomic mass is 9.61. The van der Waals surface area contributed by atoms with Crippen LogP contribution in [-0.4, -0.2) is 91.4 Å². The van der Waals surface area contributed by atoms with Gasteiger partial charge in [0.15, 0.2) is 6.10 Å². The molecule has 0 bridgehead atoms. The highest BCUT2D eigenvalue weighted by Gasteiger charge is 2.60. The SMILES string of the molecule is C[C@@H](/C=C/C(O)C1CC1)C1CCC2/C(=C/C=C3/C[C@@H](OC(=O)CCSSCCC(=O)OCC4OC(n5ccc(N)nc5=O)C(F)(F)C4O)C[C@H](O)C3(C)C)CCC[C@@]21C. The number of carbonyl (C=O) groups excluding carboxylic acids is 2. The minimum atomic E-state index is -3.85. The van der Waals surface area contributed by atoms with Crippen LogP contribution >= 0.6 is 21.6 Å². The molecule has 1 aromatic heterocycles. The topological polar surface area (TPSA) is 183 Å². The summed E-state index contributed by atoms with van der Waals surface area (Å²) >= 11 is 0. The fourth-order valence-corrected chi connectivity index (χ4v) is 11.6. The fraction of sp³-hybridized carbons (Fsp3) is 0.721. The molecule has 0 spiro atoms. The first-order valence-corrected chi connectivity index (χ1v) is 23.5. The van der Waals surface area contributed by atoms with E-state index in [0.717, 1.165) is 49.9 Å². The lowest BCUT2D eigenvalue weighted by molar-refractivity contribution is -0.152. The molecule has 4 aliphatic carbocycles. The number of nitrogens with two attached hydrogens (primary N) is 1. The molecular formula is C43H61F2N3O9S2. The van der Waals surface area contributed by atoms with Crippen LogP contribution in [-0.2, 0) is 23.8 Å². The van der Waals surface area contributed by atoms with Crippen molar-refractivity contribution in [3.8, 4) is 0 Å². The first-order chi connectivity index (χ1) is 27.9. The van der Waals surface area contributed by atoms with Crippen LogP contribution < -0.4 is 11.4 Å². The van der Waals surface area contributed by atoms with E-state index in [1.165, 1.54) is 40.0 Å². The van der Waals surface area contributed by atoms with Crippen LogP contribution in [0.15, 0.2) is 52.5 Å². The zero-order valence-corrected chi connectivity index (χ0v) is 36.1. The Kier molecular flexibility index (Phi) is 14.8. The van der Waals surface area contributed by atoms with E-state index in [9.17, 15) is 38.5 Å². The van der Waals surface area contributed by atoms with Gasteiger partial charge in [0.2, 0.25) is 6.23 Å². The molecule has 1 aromatic rings. The molecule has 328 valence electrons. The van der Waals surface area contributed by atoms with Gasteiger partial charge in [0.05, 0.1) is 25.0 Å². The average Bonchev–Trinajstić information content (AvgIpc) is 3.93. The molecule has 0 radical (unpaired) electrons. The maximum absolute atomic E-state index is 14.7. The van der Waals surface area contributed by atoms with E-state index in [4.69, 9.17) is 19.9 Å². The van der Waals surface area contributed by atoms with Crippen molar-refractivity contribution in [2.75, 3.05) is 23.8 Å². The number of ether oxygens (including phenoxy) is 3. The van der Waals surface area contributed by atoms with Gasteiger partial charge in [-0.05, 0) is 80.1 Å². The van der Waals surface area contributed by atoms with Gasteiger partial charge in [-0.2, -0.15) is 13.8 Å². The van der Waals surface area contributed by atoms with E-state index < -0.39 is 60.2 Å². The molecular weight excluding hydrogens is 805 g/mol. The zero-order chi connectivity index (χ0) is 42.7. The number of anilines is 1. The van der Waals surface area contributed by atoms with Gasteiger partial charge in [-0.3, -0.25) is 14.2 Å². The van der Waals surface area contributed by atoms with Gasteiger partial charge in [-0.15, -0.1) is 0 Å². The van der Waals surface area contributed by atoms with Crippen molar-refractivity contribution in [3.63, 3.8) is 0 Å². The van der Waals surface area contributed by atoms with Gasteiger partial charge >= 0.3 is 23.6 Å². The summed E-state index contributed by atoms with van der Waals surface area (Å²) in [6.45, 7) is 8.23. The van der Waals surface area contributed by atoms with Crippen LogP contribution in [0.5, 0.6) is 0 Å². The Hall–Kier alpha value is -2.76. The van der Waals surface area contributed by atoms with E-state index in [2.05, 4.69) is 50.9 Å². The summed E-state index contributed by atoms with van der Waals surface area (Å²) in [5.41, 5.74) is 6.64. The molecule has 5 aliphatic rings. The number of aliphatic hydroxyl groups excluding tert-OH is 3. The summed E-state index contributed by atoms with van der Waals surface area (Å²) in [4.78, 5) is 40.6. The molecule has 1 saturated heterocycles. The van der Waals surface area contributed by atoms with E-state index >= 15 is 0 Å². The third kappa shape index (κ3) is 10.7. The number of halogens is 2. The second kappa shape index (κ2) is 19.1. The molecule has 5 N–H and O–H groups in total. The van der Waals surface area contributed by atoms with E-state index in [1.54, 1.807) is 0 Å². The number of nitrogens with zero attached hydrogens (tertiary/aromatic N) is 2. The highest BCUT2D eigenvalue weighted by atomic mass is 33.1. The second-order valence-electron chi connectivity index (χ2n) is 17.9. The number of alkyl halides is 2. The third-order valence-corrected chi connectivity index (χ3v) is 15.9. The summed E-state index contributed by atoms with van der Waals surface area (Å²) in [6.07, 6.45) is 11.3. The Morgan fingerprint density at radius 1 is 1.08 bits per heavy atom. The predicted octanol–water partition coefficient (Wildman–Crippen LogP) is 6.55. The maximum atomic E-state index is 14.7. The summed E-state index contributed by atoms with van der Waals surface area (Å²) < 4.78 is 46.2. The summed E-state index contributed by atoms with van der Waals surface area (Å²) in [5.74, 6) is -2.37. The number of hydrogen-bond acceptors (Lipinski definition) is 13. The monoisotopic (exact) mass is 865 g/mol. The lowest BCUT2D eigenvalue weighted by Gasteiger charge is -2.44. The quantitative estimate of drug-likeness (QED) is 0.0608. The van der Waals surface area contributed by atoms with Crippen LogP contribution in [0.2, 0.25) is 0 Å². The third-order valence-electron chi connectivity index (χ3n) is 13.5. The largest absolute Gasteiger partial charge is 0.463 e. The Balaban J connectivity index is 0.916. The molecule has 5 fully saturated rings. The zero-order valence-electron chi connectivity index (χ0n) is 34.5. The first kappa shape index (κ1) is 45.8. The molecule has 12 nitrogen and oxygen atoms in total. The minimum Gasteiger partial charge on any atom is -0.463 e. The van der Waals surface area contributed by atoms with Crippen molar-refractivity contribution >= 4 is 39.3 Å². The first-order valence-electron chi connectivity index (χ1n) is 21.0. The number of esters is 2. The van der Waals surface area contributed by atoms with Gasteiger partial charge in [0, 0.05) is 36.0 Å². The Morgan fingerprint density at radius 2 is 1.80 bits per heavy atom. The molecule has 6 unspecified atom stereocenters. The van der Waals surface area contributed by atoms with Crippen LogP contribution in [0.25, 0.3) is 0 Å². The number of nitrogen functional groups attached to an aromatic ring is 1. The van der Waals surface area contributed by atoms with Gasteiger partial charge in [0.1, 0.15) is 24.6 Å². The van der Waals surface area contributed by atoms with E-state index in [0.29, 0.717) is 52.6 Å². The lowest BCUT2D eigenvalue weighted by Crippen LogP contribution is -2.42. The molecule has 0 amide bonds. The maximum Gasteiger partial charge on any atom is 0.351 e. The number of rotatable bonds is 16. The van der Waals surface area contributed by atoms with Crippen molar-refractivity contribution in [2.24, 2.45) is 34.5 Å². The molecule has 59 heavy (non-hydrogen) atoms. The Bertz CT molecular complexity index is 1820. The average molecular weight is 866 g/mol. The van der Waals surface area contributed by atoms with Crippen LogP contribution in [0.3, 0.4) is 0 Å². The number of hydrogen-bond donors (Lipinski definition) is 4. The van der Waals surface area contributed by atoms with Crippen LogP contribution in [0.1, 0.15) is 105 Å². The van der Waals surface area contributed by atoms with Gasteiger partial charge < -0.3 is 35.3 Å². The van der Waals surface area contributed by atoms with Gasteiger partial charge in [-0.25, -0.2) is 4.79 Å². The summed E-state index contributed by atoms with van der Waals surface area (Å²) in [7, 11) is 2.73. The number of fused-ring (bicyclic) bond motifs is 1. The van der Waals surface area contributed by atoms with Crippen molar-refractivity contribution in [3.05, 3.63) is 58.2 Å². The molecule has 16 heteroatoms. The highest BCUT2D eigenvalue weighted by molar-refractivity contribution is 8.76. The van der Waals surface area contributed by atoms with E-state index in [-0.39, 0.29) is 36.1 Å². The molecule has 2 heterocycles. The van der Waals surface area contributed by atoms with Crippen LogP contribution in [0, 0.1) is 34.5 Å². The molecule has 4 saturated carbocycles. The van der Waals surface area contributed by atoms with Gasteiger partial charge in [0.25, 0.3) is 0 Å². The van der Waals surface area contributed by atoms with Crippen LogP contribution in [0.4, 0.5) is 14.6 Å². The number of aliphatic hydroxyl groups is 3. The minimum absolute atomic E-state index is 0.0461. The number of carbonyl (C=O) groups is 2.